The first-order chi connectivity index (χ1) is 7.66. The summed E-state index contributed by atoms with van der Waals surface area (Å²) >= 11 is 0. The molecule has 9 heteroatoms. The van der Waals surface area contributed by atoms with Crippen LogP contribution in [0.25, 0.3) is 0 Å². The third kappa shape index (κ3) is 2.83. The number of aliphatic carboxylic acids is 3. The Morgan fingerprint density at radius 3 is 1.65 bits per heavy atom. The number of likely N-dealkylation sites (N-methyl/N-ethyl adjacent to an activating group) is 1. The summed E-state index contributed by atoms with van der Waals surface area (Å²) in [4.78, 5) is 42.9. The monoisotopic (exact) mass is 249 g/mol. The Morgan fingerprint density at radius 2 is 1.41 bits per heavy atom. The third-order valence-electron chi connectivity index (χ3n) is 2.27. The number of carboxylic acid groups (broad SMARTS) is 4. The molecule has 0 aromatic rings. The molecule has 0 bridgehead atoms. The van der Waals surface area contributed by atoms with E-state index in [-0.39, 0.29) is 4.90 Å². The van der Waals surface area contributed by atoms with Crippen molar-refractivity contribution in [2.45, 2.75) is 18.4 Å². The quantitative estimate of drug-likeness (QED) is 0.454. The summed E-state index contributed by atoms with van der Waals surface area (Å²) in [6.45, 7) is 0. The Kier molecular flexibility index (Phi) is 4.44. The van der Waals surface area contributed by atoms with Gasteiger partial charge >= 0.3 is 24.0 Å². The second kappa shape index (κ2) is 5.14. The van der Waals surface area contributed by atoms with Crippen LogP contribution in [0.2, 0.25) is 0 Å². The summed E-state index contributed by atoms with van der Waals surface area (Å²) in [6, 6.07) is 0. The first-order valence-electron chi connectivity index (χ1n) is 4.31. The predicted molar refractivity (Wildman–Crippen MR) is 50.7 cm³/mol. The van der Waals surface area contributed by atoms with Crippen LogP contribution < -0.4 is 0 Å². The highest BCUT2D eigenvalue weighted by Crippen LogP contribution is 2.22. The zero-order valence-corrected chi connectivity index (χ0v) is 8.78. The van der Waals surface area contributed by atoms with Crippen LogP contribution in [0.1, 0.15) is 12.8 Å². The van der Waals surface area contributed by atoms with Crippen LogP contribution in [-0.4, -0.2) is 61.9 Å². The zero-order valence-electron chi connectivity index (χ0n) is 8.78. The molecule has 9 nitrogen and oxygen atoms in total. The smallest absolute Gasteiger partial charge is 0.408 e. The Labute approximate surface area is 94.9 Å². The molecule has 0 saturated carbocycles. The largest absolute Gasteiger partial charge is 0.481 e. The van der Waals surface area contributed by atoms with Crippen molar-refractivity contribution in [3.63, 3.8) is 0 Å². The van der Waals surface area contributed by atoms with E-state index in [1.165, 1.54) is 0 Å². The molecule has 0 aliphatic carbocycles. The molecular formula is C8H11NO8. The van der Waals surface area contributed by atoms with Gasteiger partial charge in [0.1, 0.15) is 0 Å². The number of carbonyl (C=O) groups is 4. The minimum absolute atomic E-state index is 0.0700. The minimum Gasteiger partial charge on any atom is -0.481 e. The fourth-order valence-electron chi connectivity index (χ4n) is 1.21. The lowest BCUT2D eigenvalue weighted by atomic mass is 9.92. The van der Waals surface area contributed by atoms with E-state index in [4.69, 9.17) is 20.4 Å². The van der Waals surface area contributed by atoms with E-state index in [0.29, 0.717) is 0 Å². The second-order valence-electron chi connectivity index (χ2n) is 3.21. The summed E-state index contributed by atoms with van der Waals surface area (Å²) in [5.41, 5.74) is -2.80. The van der Waals surface area contributed by atoms with Crippen molar-refractivity contribution in [3.05, 3.63) is 0 Å². The van der Waals surface area contributed by atoms with Crippen LogP contribution in [0.5, 0.6) is 0 Å². The molecule has 0 fully saturated rings. The van der Waals surface area contributed by atoms with Crippen LogP contribution in [0.3, 0.4) is 0 Å². The molecule has 0 heterocycles. The highest BCUT2D eigenvalue weighted by Gasteiger charge is 2.52. The molecule has 0 aliphatic rings. The molecule has 0 spiro atoms. The lowest BCUT2D eigenvalue weighted by Gasteiger charge is -2.31. The molecule has 1 amide bonds. The highest BCUT2D eigenvalue weighted by atomic mass is 16.4. The molecular weight excluding hydrogens is 238 g/mol. The van der Waals surface area contributed by atoms with Gasteiger partial charge in [-0.2, -0.15) is 0 Å². The Bertz CT molecular complexity index is 349. The van der Waals surface area contributed by atoms with Crippen LogP contribution >= 0.6 is 0 Å². The fraction of sp³-hybridized carbons (Fsp3) is 0.500. The van der Waals surface area contributed by atoms with Crippen molar-refractivity contribution in [1.82, 2.24) is 4.90 Å². The van der Waals surface area contributed by atoms with Crippen LogP contribution in [0, 0.1) is 0 Å². The molecule has 0 aromatic heterocycles. The van der Waals surface area contributed by atoms with Crippen LogP contribution in [-0.2, 0) is 14.4 Å². The van der Waals surface area contributed by atoms with E-state index in [1.54, 1.807) is 0 Å². The first kappa shape index (κ1) is 14.7. The summed E-state index contributed by atoms with van der Waals surface area (Å²) in [5.74, 6) is -5.29. The molecule has 4 N–H and O–H groups in total. The molecule has 0 aromatic carbocycles. The van der Waals surface area contributed by atoms with E-state index < -0.39 is 42.4 Å². The van der Waals surface area contributed by atoms with Gasteiger partial charge in [0.05, 0.1) is 0 Å². The summed E-state index contributed by atoms with van der Waals surface area (Å²) < 4.78 is 0. The van der Waals surface area contributed by atoms with Gasteiger partial charge in [-0.25, -0.2) is 14.4 Å². The average Bonchev–Trinajstić information content (AvgIpc) is 2.16. The number of amides is 1. The summed E-state index contributed by atoms with van der Waals surface area (Å²) in [7, 11) is 0.756. The Morgan fingerprint density at radius 1 is 1.00 bits per heavy atom. The van der Waals surface area contributed by atoms with Gasteiger partial charge in [-0.05, 0) is 0 Å². The number of hydrogen-bond acceptors (Lipinski definition) is 4. The maximum atomic E-state index is 10.9. The first-order valence-corrected chi connectivity index (χ1v) is 4.31. The Balaban J connectivity index is 5.43. The topological polar surface area (TPSA) is 152 Å². The van der Waals surface area contributed by atoms with Gasteiger partial charge in [-0.1, -0.05) is 0 Å². The third-order valence-corrected chi connectivity index (χ3v) is 2.27. The van der Waals surface area contributed by atoms with Crippen LogP contribution in [0.4, 0.5) is 4.79 Å². The molecule has 96 valence electrons. The highest BCUT2D eigenvalue weighted by molar-refractivity contribution is 6.05. The van der Waals surface area contributed by atoms with E-state index >= 15 is 0 Å². The minimum atomic E-state index is -2.80. The lowest BCUT2D eigenvalue weighted by molar-refractivity contribution is -0.166. The molecule has 17 heavy (non-hydrogen) atoms. The number of rotatable bonds is 6. The molecule has 0 rings (SSSR count). The van der Waals surface area contributed by atoms with Crippen molar-refractivity contribution in [2.24, 2.45) is 0 Å². The molecule has 0 atom stereocenters. The average molecular weight is 249 g/mol. The summed E-state index contributed by atoms with van der Waals surface area (Å²) in [6.07, 6.45) is -3.42. The van der Waals surface area contributed by atoms with Crippen molar-refractivity contribution in [3.8, 4) is 0 Å². The lowest BCUT2D eigenvalue weighted by Crippen LogP contribution is -2.60. The van der Waals surface area contributed by atoms with E-state index in [0.717, 1.165) is 7.05 Å². The van der Waals surface area contributed by atoms with Gasteiger partial charge < -0.3 is 20.4 Å². The number of nitrogens with zero attached hydrogens (tertiary/aromatic N) is 1. The second-order valence-corrected chi connectivity index (χ2v) is 3.21. The fourth-order valence-corrected chi connectivity index (χ4v) is 1.21. The molecule has 0 radical (unpaired) electrons. The van der Waals surface area contributed by atoms with Crippen molar-refractivity contribution < 1.29 is 39.6 Å². The maximum Gasteiger partial charge on any atom is 0.408 e. The molecule has 0 unspecified atom stereocenters. The van der Waals surface area contributed by atoms with E-state index in [1.807, 2.05) is 0 Å². The standard InChI is InChI=1S/C8H11NO8/c1-9(7(16)17)8(5(12)13,6(14)15)3-2-4(10)11/h2-3H2,1H3,(H,10,11)(H,12,13)(H,14,15)(H,16,17). The van der Waals surface area contributed by atoms with Crippen molar-refractivity contribution in [1.29, 1.82) is 0 Å². The van der Waals surface area contributed by atoms with Gasteiger partial charge in [-0.15, -0.1) is 0 Å². The van der Waals surface area contributed by atoms with Crippen molar-refractivity contribution in [2.75, 3.05) is 7.05 Å². The van der Waals surface area contributed by atoms with Gasteiger partial charge in [0.2, 0.25) is 5.54 Å². The molecule has 0 saturated heterocycles. The summed E-state index contributed by atoms with van der Waals surface area (Å²) in [5, 5.41) is 34.7. The SMILES string of the molecule is CN(C(=O)O)C(CCC(=O)O)(C(=O)O)C(=O)O. The van der Waals surface area contributed by atoms with Gasteiger partial charge in [0, 0.05) is 19.9 Å². The van der Waals surface area contributed by atoms with Crippen LogP contribution in [0.15, 0.2) is 0 Å². The predicted octanol–water partition coefficient (Wildman–Crippen LogP) is -0.631. The van der Waals surface area contributed by atoms with Crippen molar-refractivity contribution >= 4 is 24.0 Å². The van der Waals surface area contributed by atoms with E-state index in [9.17, 15) is 19.2 Å². The van der Waals surface area contributed by atoms with Gasteiger partial charge in [-0.3, -0.25) is 9.69 Å². The van der Waals surface area contributed by atoms with E-state index in [2.05, 4.69) is 0 Å². The van der Waals surface area contributed by atoms with Gasteiger partial charge in [0.25, 0.3) is 0 Å². The number of carboxylic acids is 3. The van der Waals surface area contributed by atoms with Gasteiger partial charge in [0.15, 0.2) is 0 Å². The number of hydrogen-bond donors (Lipinski definition) is 4. The Hall–Kier alpha value is -2.32. The maximum absolute atomic E-state index is 10.9. The molecule has 0 aliphatic heterocycles. The zero-order chi connectivity index (χ0) is 13.8. The normalized spacial score (nSPS) is 10.6.